The third kappa shape index (κ3) is 2.76. The van der Waals surface area contributed by atoms with Gasteiger partial charge in [0.25, 0.3) is 5.91 Å². The minimum absolute atomic E-state index is 0.0106. The van der Waals surface area contributed by atoms with E-state index in [0.29, 0.717) is 6.54 Å². The number of fused-ring (bicyclic) bond motifs is 1. The summed E-state index contributed by atoms with van der Waals surface area (Å²) in [4.78, 5) is 11.7. The zero-order chi connectivity index (χ0) is 14.8. The van der Waals surface area contributed by atoms with Crippen molar-refractivity contribution >= 4 is 11.6 Å². The average Bonchev–Trinajstić information content (AvgIpc) is 2.88. The third-order valence-electron chi connectivity index (χ3n) is 3.81. The van der Waals surface area contributed by atoms with E-state index < -0.39 is 0 Å². The van der Waals surface area contributed by atoms with Crippen LogP contribution in [0.2, 0.25) is 0 Å². The summed E-state index contributed by atoms with van der Waals surface area (Å²) >= 11 is 0. The first-order valence-electron chi connectivity index (χ1n) is 7.05. The second kappa shape index (κ2) is 5.58. The van der Waals surface area contributed by atoms with E-state index in [1.165, 1.54) is 0 Å². The van der Waals surface area contributed by atoms with Crippen LogP contribution in [0.25, 0.3) is 0 Å². The summed E-state index contributed by atoms with van der Waals surface area (Å²) in [7, 11) is 0. The average molecular weight is 282 g/mol. The molecule has 4 nitrogen and oxygen atoms in total. The largest absolute Gasteiger partial charge is 0.392 e. The highest BCUT2D eigenvalue weighted by atomic mass is 16.3. The Hall–Kier alpha value is -2.33. The first-order valence-corrected chi connectivity index (χ1v) is 7.05. The van der Waals surface area contributed by atoms with E-state index >= 15 is 0 Å². The third-order valence-corrected chi connectivity index (χ3v) is 3.81. The summed E-state index contributed by atoms with van der Waals surface area (Å²) in [6, 6.07) is 13.8. The van der Waals surface area contributed by atoms with Crippen molar-refractivity contribution in [1.29, 1.82) is 0 Å². The zero-order valence-corrected chi connectivity index (χ0v) is 11.9. The van der Waals surface area contributed by atoms with E-state index in [-0.39, 0.29) is 18.6 Å². The van der Waals surface area contributed by atoms with Crippen LogP contribution in [0.15, 0.2) is 42.5 Å². The smallest absolute Gasteiger partial charge is 0.251 e. The molecule has 2 aromatic rings. The molecule has 3 rings (SSSR count). The summed E-state index contributed by atoms with van der Waals surface area (Å²) in [6.45, 7) is 2.71. The van der Waals surface area contributed by atoms with Crippen LogP contribution in [0.5, 0.6) is 0 Å². The fourth-order valence-electron chi connectivity index (χ4n) is 2.60. The highest BCUT2D eigenvalue weighted by Crippen LogP contribution is 2.24. The molecule has 0 saturated carbocycles. The lowest BCUT2D eigenvalue weighted by molar-refractivity contribution is 0.0966. The predicted molar refractivity (Wildman–Crippen MR) is 82.0 cm³/mol. The number of carbonyl (C=O) groups is 1. The van der Waals surface area contributed by atoms with Gasteiger partial charge in [0.2, 0.25) is 0 Å². The standard InChI is InChI=1S/C17H18N2O2/c1-11(13-4-2-3-12(7-13)10-20)19-15-6-5-14-9-18-17(21)16(14)8-15/h2-8,11,19-20H,9-10H2,1H3,(H,18,21). The van der Waals surface area contributed by atoms with Crippen LogP contribution in [0, 0.1) is 0 Å². The van der Waals surface area contributed by atoms with Crippen LogP contribution in [0.1, 0.15) is 40.0 Å². The van der Waals surface area contributed by atoms with Crippen molar-refractivity contribution in [3.8, 4) is 0 Å². The maximum absolute atomic E-state index is 11.7. The molecule has 0 aromatic heterocycles. The Morgan fingerprint density at radius 3 is 2.95 bits per heavy atom. The Morgan fingerprint density at radius 1 is 1.29 bits per heavy atom. The van der Waals surface area contributed by atoms with Crippen molar-refractivity contribution in [3.05, 3.63) is 64.7 Å². The predicted octanol–water partition coefficient (Wildman–Crippen LogP) is 2.60. The number of hydrogen-bond donors (Lipinski definition) is 3. The number of benzene rings is 2. The van der Waals surface area contributed by atoms with Gasteiger partial charge < -0.3 is 15.7 Å². The summed E-state index contributed by atoms with van der Waals surface area (Å²) in [5.41, 5.74) is 4.71. The van der Waals surface area contributed by atoms with Crippen LogP contribution in [-0.2, 0) is 13.2 Å². The molecule has 1 atom stereocenters. The van der Waals surface area contributed by atoms with Crippen LogP contribution in [0.4, 0.5) is 5.69 Å². The van der Waals surface area contributed by atoms with Gasteiger partial charge in [-0.15, -0.1) is 0 Å². The van der Waals surface area contributed by atoms with Gasteiger partial charge in [0.15, 0.2) is 0 Å². The Labute approximate surface area is 123 Å². The normalized spacial score (nSPS) is 14.5. The van der Waals surface area contributed by atoms with Crippen LogP contribution in [0.3, 0.4) is 0 Å². The Balaban J connectivity index is 1.80. The van der Waals surface area contributed by atoms with E-state index in [1.54, 1.807) is 0 Å². The van der Waals surface area contributed by atoms with Gasteiger partial charge in [0, 0.05) is 23.8 Å². The quantitative estimate of drug-likeness (QED) is 0.807. The molecule has 1 aliphatic heterocycles. The van der Waals surface area contributed by atoms with Gasteiger partial charge in [-0.25, -0.2) is 0 Å². The first-order chi connectivity index (χ1) is 10.2. The van der Waals surface area contributed by atoms with Crippen molar-refractivity contribution < 1.29 is 9.90 Å². The minimum Gasteiger partial charge on any atom is -0.392 e. The molecule has 0 bridgehead atoms. The molecule has 0 aliphatic carbocycles. The number of aliphatic hydroxyl groups is 1. The second-order valence-electron chi connectivity index (χ2n) is 5.32. The van der Waals surface area contributed by atoms with E-state index in [0.717, 1.165) is 27.9 Å². The molecule has 4 heteroatoms. The Bertz CT molecular complexity index is 682. The SMILES string of the molecule is CC(Nc1ccc2c(c1)C(=O)NC2)c1cccc(CO)c1. The summed E-state index contributed by atoms with van der Waals surface area (Å²) in [5.74, 6) is -0.0106. The van der Waals surface area contributed by atoms with Gasteiger partial charge >= 0.3 is 0 Å². The number of aliphatic hydroxyl groups excluding tert-OH is 1. The highest BCUT2D eigenvalue weighted by molar-refractivity contribution is 5.99. The number of carbonyl (C=O) groups excluding carboxylic acids is 1. The topological polar surface area (TPSA) is 61.4 Å². The molecule has 108 valence electrons. The first kappa shape index (κ1) is 13.6. The summed E-state index contributed by atoms with van der Waals surface area (Å²) in [6.07, 6.45) is 0. The molecule has 0 fully saturated rings. The maximum Gasteiger partial charge on any atom is 0.251 e. The van der Waals surface area contributed by atoms with E-state index in [9.17, 15) is 9.90 Å². The molecule has 1 heterocycles. The van der Waals surface area contributed by atoms with Crippen molar-refractivity contribution in [1.82, 2.24) is 5.32 Å². The second-order valence-corrected chi connectivity index (χ2v) is 5.32. The van der Waals surface area contributed by atoms with Crippen LogP contribution in [-0.4, -0.2) is 11.0 Å². The van der Waals surface area contributed by atoms with E-state index in [4.69, 9.17) is 0 Å². The molecule has 1 unspecified atom stereocenters. The molecular formula is C17H18N2O2. The highest BCUT2D eigenvalue weighted by Gasteiger charge is 2.19. The van der Waals surface area contributed by atoms with Gasteiger partial charge in [-0.05, 0) is 35.7 Å². The number of rotatable bonds is 4. The molecule has 1 amide bonds. The molecule has 1 aliphatic rings. The number of amides is 1. The van der Waals surface area contributed by atoms with Gasteiger partial charge in [0.1, 0.15) is 0 Å². The van der Waals surface area contributed by atoms with Gasteiger partial charge in [-0.2, -0.15) is 0 Å². The van der Waals surface area contributed by atoms with E-state index in [1.807, 2.05) is 42.5 Å². The minimum atomic E-state index is -0.0106. The van der Waals surface area contributed by atoms with Crippen molar-refractivity contribution in [3.63, 3.8) is 0 Å². The number of nitrogens with one attached hydrogen (secondary N) is 2. The summed E-state index contributed by atoms with van der Waals surface area (Å²) in [5, 5.41) is 15.4. The molecule has 2 aromatic carbocycles. The molecule has 0 spiro atoms. The molecule has 0 saturated heterocycles. The molecule has 3 N–H and O–H groups in total. The van der Waals surface area contributed by atoms with E-state index in [2.05, 4.69) is 17.6 Å². The number of anilines is 1. The van der Waals surface area contributed by atoms with Crippen molar-refractivity contribution in [2.24, 2.45) is 0 Å². The zero-order valence-electron chi connectivity index (χ0n) is 11.9. The van der Waals surface area contributed by atoms with Gasteiger partial charge in [-0.3, -0.25) is 4.79 Å². The molecular weight excluding hydrogens is 264 g/mol. The van der Waals surface area contributed by atoms with Crippen LogP contribution >= 0.6 is 0 Å². The monoisotopic (exact) mass is 282 g/mol. The lowest BCUT2D eigenvalue weighted by Gasteiger charge is -2.17. The maximum atomic E-state index is 11.7. The van der Waals surface area contributed by atoms with Gasteiger partial charge in [0.05, 0.1) is 6.61 Å². The molecule has 21 heavy (non-hydrogen) atoms. The fourth-order valence-corrected chi connectivity index (χ4v) is 2.60. The van der Waals surface area contributed by atoms with Crippen LogP contribution < -0.4 is 10.6 Å². The Morgan fingerprint density at radius 2 is 2.14 bits per heavy atom. The number of hydrogen-bond acceptors (Lipinski definition) is 3. The lowest BCUT2D eigenvalue weighted by atomic mass is 10.0. The summed E-state index contributed by atoms with van der Waals surface area (Å²) < 4.78 is 0. The lowest BCUT2D eigenvalue weighted by Crippen LogP contribution is -2.12. The molecule has 0 radical (unpaired) electrons. The van der Waals surface area contributed by atoms with Gasteiger partial charge in [-0.1, -0.05) is 30.3 Å². The Kier molecular flexibility index (Phi) is 3.62. The van der Waals surface area contributed by atoms with Crippen molar-refractivity contribution in [2.45, 2.75) is 26.1 Å². The van der Waals surface area contributed by atoms with Crippen molar-refractivity contribution in [2.75, 3.05) is 5.32 Å². The fraction of sp³-hybridized carbons (Fsp3) is 0.235.